The van der Waals surface area contributed by atoms with Crippen molar-refractivity contribution in [3.05, 3.63) is 46.6 Å². The molecule has 1 unspecified atom stereocenters. The van der Waals surface area contributed by atoms with Crippen LogP contribution in [0, 0.1) is 11.3 Å². The first kappa shape index (κ1) is 21.6. The summed E-state index contributed by atoms with van der Waals surface area (Å²) < 4.78 is 0. The first-order valence-corrected chi connectivity index (χ1v) is 9.59. The van der Waals surface area contributed by atoms with Crippen LogP contribution in [0.4, 0.5) is 0 Å². The van der Waals surface area contributed by atoms with Gasteiger partial charge in [0.15, 0.2) is 0 Å². The van der Waals surface area contributed by atoms with Crippen LogP contribution >= 0.6 is 0 Å². The van der Waals surface area contributed by atoms with Gasteiger partial charge in [-0.2, -0.15) is 0 Å². The van der Waals surface area contributed by atoms with Gasteiger partial charge in [-0.3, -0.25) is 4.99 Å². The van der Waals surface area contributed by atoms with Gasteiger partial charge in [0, 0.05) is 6.21 Å². The Balaban J connectivity index is 2.68. The van der Waals surface area contributed by atoms with Crippen molar-refractivity contribution in [1.29, 1.82) is 0 Å². The number of aliphatic imine (C=N–C) groups is 1. The second-order valence-corrected chi connectivity index (χ2v) is 7.99. The SMILES string of the molecule is CC(C=CC(C)C(C)=CCC1=C(C)CCCC1(C)C)=CC=NCCO. The van der Waals surface area contributed by atoms with Gasteiger partial charge < -0.3 is 5.11 Å². The van der Waals surface area contributed by atoms with Crippen LogP contribution in [0.1, 0.15) is 67.2 Å². The van der Waals surface area contributed by atoms with Crippen molar-refractivity contribution in [3.63, 3.8) is 0 Å². The summed E-state index contributed by atoms with van der Waals surface area (Å²) in [4.78, 5) is 4.09. The van der Waals surface area contributed by atoms with E-state index in [1.54, 1.807) is 17.4 Å². The highest BCUT2D eigenvalue weighted by Crippen LogP contribution is 2.42. The van der Waals surface area contributed by atoms with Gasteiger partial charge in [0.2, 0.25) is 0 Å². The molecule has 0 amide bonds. The highest BCUT2D eigenvalue weighted by molar-refractivity contribution is 5.72. The molecule has 1 N–H and O–H groups in total. The topological polar surface area (TPSA) is 32.6 Å². The van der Waals surface area contributed by atoms with E-state index in [2.05, 4.69) is 64.8 Å². The molecular weight excluding hydrogens is 306 g/mol. The fourth-order valence-electron chi connectivity index (χ4n) is 3.38. The lowest BCUT2D eigenvalue weighted by atomic mass is 9.71. The smallest absolute Gasteiger partial charge is 0.0626 e. The van der Waals surface area contributed by atoms with Gasteiger partial charge in [-0.05, 0) is 69.4 Å². The van der Waals surface area contributed by atoms with Gasteiger partial charge in [0.25, 0.3) is 0 Å². The maximum absolute atomic E-state index is 8.70. The molecule has 1 atom stereocenters. The van der Waals surface area contributed by atoms with Crippen molar-refractivity contribution in [3.8, 4) is 0 Å². The zero-order chi connectivity index (χ0) is 18.9. The average molecular weight is 344 g/mol. The molecule has 0 aromatic heterocycles. The molecule has 0 aromatic rings. The Bertz CT molecular complexity index is 573. The van der Waals surface area contributed by atoms with Crippen LogP contribution in [0.3, 0.4) is 0 Å². The summed E-state index contributed by atoms with van der Waals surface area (Å²) in [5.74, 6) is 0.435. The minimum Gasteiger partial charge on any atom is -0.394 e. The van der Waals surface area contributed by atoms with Gasteiger partial charge in [-0.15, -0.1) is 0 Å². The number of aliphatic hydroxyl groups excluding tert-OH is 1. The lowest BCUT2D eigenvalue weighted by molar-refractivity contribution is 0.307. The Labute approximate surface area is 155 Å². The first-order chi connectivity index (χ1) is 11.8. The van der Waals surface area contributed by atoms with Crippen LogP contribution in [0.25, 0.3) is 0 Å². The molecule has 0 fully saturated rings. The monoisotopic (exact) mass is 343 g/mol. The highest BCUT2D eigenvalue weighted by Gasteiger charge is 2.27. The molecule has 25 heavy (non-hydrogen) atoms. The number of hydrogen-bond acceptors (Lipinski definition) is 2. The lowest BCUT2D eigenvalue weighted by Gasteiger charge is -2.34. The van der Waals surface area contributed by atoms with Gasteiger partial charge in [0.05, 0.1) is 13.2 Å². The van der Waals surface area contributed by atoms with Crippen molar-refractivity contribution in [2.45, 2.75) is 67.2 Å². The Morgan fingerprint density at radius 1 is 1.32 bits per heavy atom. The van der Waals surface area contributed by atoms with Crippen molar-refractivity contribution in [1.82, 2.24) is 0 Å². The van der Waals surface area contributed by atoms with E-state index in [-0.39, 0.29) is 6.61 Å². The summed E-state index contributed by atoms with van der Waals surface area (Å²) in [6.07, 6.45) is 15.6. The molecule has 0 radical (unpaired) electrons. The molecule has 140 valence electrons. The maximum atomic E-state index is 8.70. The second kappa shape index (κ2) is 10.6. The summed E-state index contributed by atoms with van der Waals surface area (Å²) in [7, 11) is 0. The standard InChI is InChI=1S/C23H37NO/c1-18(13-15-24-16-17-25)9-10-19(2)20(3)11-12-22-21(4)8-7-14-23(22,5)6/h9-11,13,15,19,25H,7-8,12,14,16-17H2,1-6H3. The molecule has 0 heterocycles. The molecule has 0 aromatic carbocycles. The summed E-state index contributed by atoms with van der Waals surface area (Å²) in [5.41, 5.74) is 6.20. The minimum absolute atomic E-state index is 0.104. The Morgan fingerprint density at radius 2 is 2.04 bits per heavy atom. The second-order valence-electron chi connectivity index (χ2n) is 7.99. The van der Waals surface area contributed by atoms with E-state index in [0.29, 0.717) is 17.9 Å². The van der Waals surface area contributed by atoms with Crippen molar-refractivity contribution in [2.24, 2.45) is 16.3 Å². The van der Waals surface area contributed by atoms with E-state index in [9.17, 15) is 0 Å². The Morgan fingerprint density at radius 3 is 2.68 bits per heavy atom. The van der Waals surface area contributed by atoms with Crippen molar-refractivity contribution >= 4 is 6.21 Å². The number of allylic oxidation sites excluding steroid dienone is 8. The van der Waals surface area contributed by atoms with E-state index in [4.69, 9.17) is 5.11 Å². The molecule has 0 saturated heterocycles. The van der Waals surface area contributed by atoms with Crippen molar-refractivity contribution < 1.29 is 5.11 Å². The van der Waals surface area contributed by atoms with Crippen LogP contribution in [-0.2, 0) is 0 Å². The summed E-state index contributed by atoms with van der Waals surface area (Å²) in [6, 6.07) is 0. The summed E-state index contributed by atoms with van der Waals surface area (Å²) in [5, 5.41) is 8.70. The molecule has 0 bridgehead atoms. The molecule has 0 saturated carbocycles. The fourth-order valence-corrected chi connectivity index (χ4v) is 3.38. The number of nitrogens with zero attached hydrogens (tertiary/aromatic N) is 1. The Hall–Kier alpha value is -1.41. The van der Waals surface area contributed by atoms with E-state index in [1.807, 2.05) is 6.08 Å². The molecule has 0 spiro atoms. The van der Waals surface area contributed by atoms with Crippen molar-refractivity contribution in [2.75, 3.05) is 13.2 Å². The normalized spacial score (nSPS) is 20.8. The van der Waals surface area contributed by atoms with Gasteiger partial charge in [-0.1, -0.05) is 55.7 Å². The fraction of sp³-hybridized carbons (Fsp3) is 0.609. The Kier molecular flexibility index (Phi) is 9.13. The van der Waals surface area contributed by atoms with E-state index < -0.39 is 0 Å². The van der Waals surface area contributed by atoms with Crippen LogP contribution in [-0.4, -0.2) is 24.5 Å². The molecule has 1 rings (SSSR count). The summed E-state index contributed by atoms with van der Waals surface area (Å²) in [6.45, 7) is 14.2. The molecular formula is C23H37NO. The molecule has 2 heteroatoms. The van der Waals surface area contributed by atoms with Crippen LogP contribution in [0.5, 0.6) is 0 Å². The molecule has 2 nitrogen and oxygen atoms in total. The highest BCUT2D eigenvalue weighted by atomic mass is 16.3. The van der Waals surface area contributed by atoms with Crippen LogP contribution < -0.4 is 0 Å². The maximum Gasteiger partial charge on any atom is 0.0626 e. The van der Waals surface area contributed by atoms with E-state index in [0.717, 1.165) is 6.42 Å². The van der Waals surface area contributed by atoms with Gasteiger partial charge in [0.1, 0.15) is 0 Å². The predicted octanol–water partition coefficient (Wildman–Crippen LogP) is 6.05. The minimum atomic E-state index is 0.104. The first-order valence-electron chi connectivity index (χ1n) is 9.59. The van der Waals surface area contributed by atoms with E-state index in [1.165, 1.54) is 30.4 Å². The zero-order valence-corrected chi connectivity index (χ0v) is 17.1. The largest absolute Gasteiger partial charge is 0.394 e. The third-order valence-electron chi connectivity index (χ3n) is 5.35. The lowest BCUT2D eigenvalue weighted by Crippen LogP contribution is -2.20. The van der Waals surface area contributed by atoms with Gasteiger partial charge in [-0.25, -0.2) is 0 Å². The summed E-state index contributed by atoms with van der Waals surface area (Å²) >= 11 is 0. The number of aliphatic hydroxyl groups is 1. The zero-order valence-electron chi connectivity index (χ0n) is 17.1. The van der Waals surface area contributed by atoms with Gasteiger partial charge >= 0.3 is 0 Å². The average Bonchev–Trinajstić information content (AvgIpc) is 2.55. The van der Waals surface area contributed by atoms with Crippen LogP contribution in [0.15, 0.2) is 51.6 Å². The van der Waals surface area contributed by atoms with E-state index >= 15 is 0 Å². The number of rotatable bonds is 8. The third kappa shape index (κ3) is 7.56. The molecule has 0 aliphatic heterocycles. The quantitative estimate of drug-likeness (QED) is 0.325. The predicted molar refractivity (Wildman–Crippen MR) is 111 cm³/mol. The molecule has 1 aliphatic rings. The number of hydrogen-bond donors (Lipinski definition) is 1. The third-order valence-corrected chi connectivity index (χ3v) is 5.35. The molecule has 1 aliphatic carbocycles. The van der Waals surface area contributed by atoms with Crippen LogP contribution in [0.2, 0.25) is 0 Å².